The van der Waals surface area contributed by atoms with Crippen molar-refractivity contribution in [3.8, 4) is 5.75 Å². The maximum absolute atomic E-state index is 14.1. The van der Waals surface area contributed by atoms with Crippen molar-refractivity contribution in [2.75, 3.05) is 13.2 Å². The van der Waals surface area contributed by atoms with Crippen molar-refractivity contribution in [2.45, 2.75) is 90.1 Å². The molecule has 2 aliphatic heterocycles. The summed E-state index contributed by atoms with van der Waals surface area (Å²) in [5.41, 5.74) is -0.0894. The van der Waals surface area contributed by atoms with E-state index in [0.29, 0.717) is 12.4 Å². The number of carbonyl (C=O) groups is 1. The number of nitrogens with one attached hydrogen (secondary N) is 1. The highest BCUT2D eigenvalue weighted by Gasteiger charge is 2.61. The SMILES string of the molecule is CCC(CC)COC(=O)[C@H](C)N[P@](=O)(OC[C@@]1(C)O[C@@H](c2ccccc2)[C@@H]2OC(C)(C)O[C@@H]21)Oc1ccccc1. The Bertz CT molecular complexity index is 1160. The van der Waals surface area contributed by atoms with Gasteiger partial charge in [-0.3, -0.25) is 9.32 Å². The van der Waals surface area contributed by atoms with Crippen LogP contribution in [-0.2, 0) is 32.8 Å². The van der Waals surface area contributed by atoms with E-state index in [1.807, 2.05) is 57.2 Å². The summed E-state index contributed by atoms with van der Waals surface area (Å²) in [7, 11) is -4.10. The lowest BCUT2D eigenvalue weighted by Gasteiger charge is -2.33. The van der Waals surface area contributed by atoms with E-state index in [9.17, 15) is 9.36 Å². The lowest BCUT2D eigenvalue weighted by molar-refractivity contribution is -0.211. The molecule has 0 spiro atoms. The molecule has 1 N–H and O–H groups in total. The second-order valence-electron chi connectivity index (χ2n) is 11.1. The minimum Gasteiger partial charge on any atom is -0.464 e. The summed E-state index contributed by atoms with van der Waals surface area (Å²) in [6, 6.07) is 17.5. The monoisotopic (exact) mass is 575 g/mol. The number of hydrogen-bond acceptors (Lipinski definition) is 8. The highest BCUT2D eigenvalue weighted by Crippen LogP contribution is 2.52. The summed E-state index contributed by atoms with van der Waals surface area (Å²) >= 11 is 0. The molecule has 0 saturated carbocycles. The summed E-state index contributed by atoms with van der Waals surface area (Å²) in [6.45, 7) is 11.4. The molecule has 9 nitrogen and oxygen atoms in total. The van der Waals surface area contributed by atoms with E-state index >= 15 is 0 Å². The van der Waals surface area contributed by atoms with E-state index in [1.165, 1.54) is 0 Å². The molecule has 0 bridgehead atoms. The minimum atomic E-state index is -4.10. The van der Waals surface area contributed by atoms with Gasteiger partial charge in [-0.2, -0.15) is 5.09 Å². The maximum Gasteiger partial charge on any atom is 0.459 e. The molecule has 10 heteroatoms. The van der Waals surface area contributed by atoms with Crippen molar-refractivity contribution in [3.05, 3.63) is 66.2 Å². The Morgan fingerprint density at radius 3 is 2.23 bits per heavy atom. The first-order valence-electron chi connectivity index (χ1n) is 14.0. The molecule has 2 heterocycles. The Balaban J connectivity index is 1.52. The third-order valence-corrected chi connectivity index (χ3v) is 8.99. The van der Waals surface area contributed by atoms with Gasteiger partial charge in [0.2, 0.25) is 0 Å². The topological polar surface area (TPSA) is 102 Å². The minimum absolute atomic E-state index is 0.149. The fraction of sp³-hybridized carbons (Fsp3) is 0.567. The number of benzene rings is 2. The van der Waals surface area contributed by atoms with Crippen LogP contribution in [0, 0.1) is 5.92 Å². The highest BCUT2D eigenvalue weighted by atomic mass is 31.2. The Kier molecular flexibility index (Phi) is 9.76. The van der Waals surface area contributed by atoms with Crippen molar-refractivity contribution < 1.29 is 37.4 Å². The van der Waals surface area contributed by atoms with E-state index in [-0.39, 0.29) is 12.5 Å². The third-order valence-electron chi connectivity index (χ3n) is 7.36. The quantitative estimate of drug-likeness (QED) is 0.221. The van der Waals surface area contributed by atoms with Crippen LogP contribution in [0.25, 0.3) is 0 Å². The predicted molar refractivity (Wildman–Crippen MR) is 151 cm³/mol. The molecule has 2 saturated heterocycles. The first-order valence-corrected chi connectivity index (χ1v) is 15.5. The molecule has 220 valence electrons. The summed E-state index contributed by atoms with van der Waals surface area (Å²) in [4.78, 5) is 12.8. The summed E-state index contributed by atoms with van der Waals surface area (Å²) in [5, 5.41) is 2.77. The zero-order valence-corrected chi connectivity index (χ0v) is 25.1. The van der Waals surface area contributed by atoms with Crippen LogP contribution in [0.5, 0.6) is 5.75 Å². The molecule has 6 atom stereocenters. The zero-order valence-electron chi connectivity index (χ0n) is 24.2. The Morgan fingerprint density at radius 1 is 0.975 bits per heavy atom. The largest absolute Gasteiger partial charge is 0.464 e. The van der Waals surface area contributed by atoms with Gasteiger partial charge >= 0.3 is 13.7 Å². The molecule has 0 amide bonds. The van der Waals surface area contributed by atoms with E-state index in [2.05, 4.69) is 18.9 Å². The average Bonchev–Trinajstić information content (AvgIpc) is 3.40. The van der Waals surface area contributed by atoms with Crippen LogP contribution < -0.4 is 9.61 Å². The third kappa shape index (κ3) is 7.32. The maximum atomic E-state index is 14.1. The first kappa shape index (κ1) is 30.7. The van der Waals surface area contributed by atoms with Crippen molar-refractivity contribution in [1.82, 2.24) is 5.09 Å². The highest BCUT2D eigenvalue weighted by molar-refractivity contribution is 7.52. The molecular weight excluding hydrogens is 533 g/mol. The summed E-state index contributed by atoms with van der Waals surface area (Å²) in [6.07, 6.45) is 0.491. The Labute approximate surface area is 237 Å². The molecule has 2 aliphatic rings. The predicted octanol–water partition coefficient (Wildman–Crippen LogP) is 6.20. The van der Waals surface area contributed by atoms with Gasteiger partial charge in [0.15, 0.2) is 5.79 Å². The molecule has 2 aromatic rings. The molecule has 0 aromatic heterocycles. The summed E-state index contributed by atoms with van der Waals surface area (Å²) in [5.74, 6) is -0.768. The number of esters is 1. The van der Waals surface area contributed by atoms with E-state index in [1.54, 1.807) is 31.2 Å². The molecule has 4 rings (SSSR count). The number of ether oxygens (including phenoxy) is 4. The summed E-state index contributed by atoms with van der Waals surface area (Å²) < 4.78 is 50.5. The molecule has 2 aromatic carbocycles. The molecule has 2 fully saturated rings. The van der Waals surface area contributed by atoms with E-state index < -0.39 is 49.5 Å². The standard InChI is InChI=1S/C30H42NO8P/c1-7-22(8-2)19-34-28(32)21(3)31-40(33,39-24-17-13-10-14-18-24)35-20-30(6)27-26(36-29(4,5)38-27)25(37-30)23-15-11-9-12-16-23/h9-18,21-22,25-27H,7-8,19-20H2,1-6H3,(H,31,33)/t21-,25-,26-,27-,30+,40-/m0/s1. The lowest BCUT2D eigenvalue weighted by atomic mass is 9.95. The number of fused-ring (bicyclic) bond motifs is 1. The second kappa shape index (κ2) is 12.7. The van der Waals surface area contributed by atoms with Crippen LogP contribution in [-0.4, -0.2) is 48.8 Å². The van der Waals surface area contributed by atoms with Crippen LogP contribution >= 0.6 is 7.75 Å². The van der Waals surface area contributed by atoms with Gasteiger partial charge in [-0.15, -0.1) is 0 Å². The fourth-order valence-corrected chi connectivity index (χ4v) is 6.57. The van der Waals surface area contributed by atoms with Crippen LogP contribution in [0.1, 0.15) is 66.1 Å². The van der Waals surface area contributed by atoms with Crippen molar-refractivity contribution in [3.63, 3.8) is 0 Å². The van der Waals surface area contributed by atoms with E-state index in [0.717, 1.165) is 18.4 Å². The number of hydrogen-bond donors (Lipinski definition) is 1. The van der Waals surface area contributed by atoms with Gasteiger partial charge in [-0.05, 0) is 51.3 Å². The first-order chi connectivity index (χ1) is 19.0. The van der Waals surface area contributed by atoms with Crippen LogP contribution in [0.3, 0.4) is 0 Å². The van der Waals surface area contributed by atoms with Crippen LogP contribution in [0.4, 0.5) is 0 Å². The van der Waals surface area contributed by atoms with Gasteiger partial charge < -0.3 is 23.5 Å². The molecule has 0 aliphatic carbocycles. The van der Waals surface area contributed by atoms with Crippen LogP contribution in [0.2, 0.25) is 0 Å². The van der Waals surface area contributed by atoms with Gasteiger partial charge in [0.25, 0.3) is 0 Å². The smallest absolute Gasteiger partial charge is 0.459 e. The Morgan fingerprint density at radius 2 is 1.60 bits per heavy atom. The normalized spacial score (nSPS) is 27.6. The number of para-hydroxylation sites is 1. The van der Waals surface area contributed by atoms with Crippen molar-refractivity contribution in [2.24, 2.45) is 5.92 Å². The van der Waals surface area contributed by atoms with E-state index in [4.69, 9.17) is 28.0 Å². The number of rotatable bonds is 13. The lowest BCUT2D eigenvalue weighted by Crippen LogP contribution is -2.45. The van der Waals surface area contributed by atoms with Crippen molar-refractivity contribution in [1.29, 1.82) is 0 Å². The van der Waals surface area contributed by atoms with Crippen molar-refractivity contribution >= 4 is 13.7 Å². The average molecular weight is 576 g/mol. The van der Waals surface area contributed by atoms with Gasteiger partial charge in [-0.1, -0.05) is 75.2 Å². The molecule has 40 heavy (non-hydrogen) atoms. The molecule has 0 unspecified atom stereocenters. The van der Waals surface area contributed by atoms with Crippen LogP contribution in [0.15, 0.2) is 60.7 Å². The van der Waals surface area contributed by atoms with Gasteiger partial charge in [-0.25, -0.2) is 4.57 Å². The Hall–Kier alpha value is -2.26. The zero-order chi connectivity index (χ0) is 29.0. The fourth-order valence-electron chi connectivity index (χ4n) is 4.99. The van der Waals surface area contributed by atoms with Gasteiger partial charge in [0, 0.05) is 0 Å². The van der Waals surface area contributed by atoms with Gasteiger partial charge in [0.05, 0.1) is 13.2 Å². The van der Waals surface area contributed by atoms with Gasteiger partial charge in [0.1, 0.15) is 35.7 Å². The second-order valence-corrected chi connectivity index (χ2v) is 12.8. The molecular formula is C30H42NO8P. The number of carbonyl (C=O) groups excluding carboxylic acids is 1. The molecule has 0 radical (unpaired) electrons.